The number of aliphatic imine (C=N–C) groups is 1. The van der Waals surface area contributed by atoms with Gasteiger partial charge in [-0.3, -0.25) is 14.7 Å². The monoisotopic (exact) mass is 351 g/mol. The fraction of sp³-hybridized carbons (Fsp3) is 0.889. The number of rotatable bonds is 4. The predicted octanol–water partition coefficient (Wildman–Crippen LogP) is 0.417. The molecule has 25 heavy (non-hydrogen) atoms. The first kappa shape index (κ1) is 18.5. The number of nitrogens with zero attached hydrogens (tertiary/aromatic N) is 3. The van der Waals surface area contributed by atoms with Crippen molar-refractivity contribution in [3.05, 3.63) is 0 Å². The highest BCUT2D eigenvalue weighted by Crippen LogP contribution is 2.30. The molecule has 1 atom stereocenters. The van der Waals surface area contributed by atoms with Crippen LogP contribution in [0.2, 0.25) is 0 Å². The third kappa shape index (κ3) is 4.44. The minimum atomic E-state index is 0.186. The van der Waals surface area contributed by atoms with Crippen LogP contribution in [0.25, 0.3) is 0 Å². The summed E-state index contributed by atoms with van der Waals surface area (Å²) in [6, 6.07) is 0.270. The molecule has 3 rings (SSSR count). The molecule has 3 saturated heterocycles. The Morgan fingerprint density at radius 1 is 1.32 bits per heavy atom. The van der Waals surface area contributed by atoms with E-state index in [9.17, 15) is 4.79 Å². The third-order valence-electron chi connectivity index (χ3n) is 5.98. The number of ether oxygens (including phenoxy) is 1. The number of guanidine groups is 1. The maximum atomic E-state index is 11.7. The molecular formula is C18H33N5O2. The van der Waals surface area contributed by atoms with E-state index < -0.39 is 0 Å². The zero-order valence-electron chi connectivity index (χ0n) is 15.7. The number of carbonyl (C=O) groups is 1. The molecule has 0 bridgehead atoms. The van der Waals surface area contributed by atoms with Crippen molar-refractivity contribution in [2.24, 2.45) is 4.99 Å². The maximum absolute atomic E-state index is 11.7. The van der Waals surface area contributed by atoms with Gasteiger partial charge in [-0.2, -0.15) is 0 Å². The number of likely N-dealkylation sites (tertiary alicyclic amines) is 2. The third-order valence-corrected chi connectivity index (χ3v) is 5.98. The van der Waals surface area contributed by atoms with E-state index in [-0.39, 0.29) is 17.5 Å². The van der Waals surface area contributed by atoms with Gasteiger partial charge in [-0.05, 0) is 45.2 Å². The van der Waals surface area contributed by atoms with Gasteiger partial charge in [0.05, 0.1) is 0 Å². The summed E-state index contributed by atoms with van der Waals surface area (Å²) in [6.45, 7) is 5.73. The fourth-order valence-corrected chi connectivity index (χ4v) is 4.31. The van der Waals surface area contributed by atoms with Crippen LogP contribution in [0.1, 0.15) is 38.5 Å². The summed E-state index contributed by atoms with van der Waals surface area (Å²) in [5.41, 5.74) is 0.186. The second-order valence-electron chi connectivity index (χ2n) is 7.61. The smallest absolute Gasteiger partial charge is 0.222 e. The van der Waals surface area contributed by atoms with Crippen molar-refractivity contribution < 1.29 is 9.53 Å². The highest BCUT2D eigenvalue weighted by atomic mass is 16.5. The molecule has 3 aliphatic rings. The second kappa shape index (κ2) is 8.36. The molecular weight excluding hydrogens is 318 g/mol. The van der Waals surface area contributed by atoms with Gasteiger partial charge in [-0.25, -0.2) is 0 Å². The van der Waals surface area contributed by atoms with Crippen LogP contribution in [0.4, 0.5) is 0 Å². The lowest BCUT2D eigenvalue weighted by Crippen LogP contribution is -2.60. The number of likely N-dealkylation sites (N-methyl/N-ethyl adjacent to an activating group) is 1. The van der Waals surface area contributed by atoms with Crippen molar-refractivity contribution in [3.63, 3.8) is 0 Å². The summed E-state index contributed by atoms with van der Waals surface area (Å²) >= 11 is 0. The van der Waals surface area contributed by atoms with E-state index in [2.05, 4.69) is 20.5 Å². The lowest BCUT2D eigenvalue weighted by atomic mass is 9.88. The molecule has 7 nitrogen and oxygen atoms in total. The SMILES string of the molecule is CN=C(NCC1(N2CCCC2)CCOCC1)NC1CCC(=O)N(C)C1. The Morgan fingerprint density at radius 2 is 2.04 bits per heavy atom. The number of hydrogen-bond donors (Lipinski definition) is 2. The van der Waals surface area contributed by atoms with E-state index >= 15 is 0 Å². The average molecular weight is 351 g/mol. The van der Waals surface area contributed by atoms with E-state index in [0.29, 0.717) is 6.42 Å². The van der Waals surface area contributed by atoms with Crippen molar-refractivity contribution in [2.75, 3.05) is 53.5 Å². The molecule has 0 aromatic carbocycles. The van der Waals surface area contributed by atoms with Crippen LogP contribution in [0.5, 0.6) is 0 Å². The lowest BCUT2D eigenvalue weighted by Gasteiger charge is -2.45. The van der Waals surface area contributed by atoms with Crippen LogP contribution in [0.15, 0.2) is 4.99 Å². The molecule has 7 heteroatoms. The lowest BCUT2D eigenvalue weighted by molar-refractivity contribution is -0.132. The van der Waals surface area contributed by atoms with Crippen LogP contribution in [-0.4, -0.2) is 86.7 Å². The molecule has 142 valence electrons. The largest absolute Gasteiger partial charge is 0.381 e. The molecule has 0 aromatic heterocycles. The molecule has 3 aliphatic heterocycles. The molecule has 1 unspecified atom stereocenters. The zero-order valence-corrected chi connectivity index (χ0v) is 15.7. The number of hydrogen-bond acceptors (Lipinski definition) is 4. The highest BCUT2D eigenvalue weighted by Gasteiger charge is 2.39. The number of amides is 1. The summed E-state index contributed by atoms with van der Waals surface area (Å²) in [5.74, 6) is 1.08. The van der Waals surface area contributed by atoms with E-state index in [1.54, 1.807) is 4.90 Å². The Balaban J connectivity index is 1.56. The van der Waals surface area contributed by atoms with Gasteiger partial charge in [-0.1, -0.05) is 0 Å². The van der Waals surface area contributed by atoms with Gasteiger partial charge in [0.25, 0.3) is 0 Å². The molecule has 3 fully saturated rings. The van der Waals surface area contributed by atoms with Crippen LogP contribution in [0.3, 0.4) is 0 Å². The quantitative estimate of drug-likeness (QED) is 0.567. The Bertz CT molecular complexity index is 484. The van der Waals surface area contributed by atoms with Gasteiger partial charge in [0.1, 0.15) is 0 Å². The van der Waals surface area contributed by atoms with Crippen molar-refractivity contribution in [3.8, 4) is 0 Å². The van der Waals surface area contributed by atoms with Gasteiger partial charge in [0.15, 0.2) is 5.96 Å². The molecule has 0 saturated carbocycles. The van der Waals surface area contributed by atoms with Gasteiger partial charge in [0, 0.05) is 58.4 Å². The first-order chi connectivity index (χ1) is 12.1. The first-order valence-corrected chi connectivity index (χ1v) is 9.67. The first-order valence-electron chi connectivity index (χ1n) is 9.67. The minimum Gasteiger partial charge on any atom is -0.381 e. The Hall–Kier alpha value is -1.34. The maximum Gasteiger partial charge on any atom is 0.222 e. The normalized spacial score (nSPS) is 28.2. The summed E-state index contributed by atoms with van der Waals surface area (Å²) in [7, 11) is 3.69. The van der Waals surface area contributed by atoms with Crippen LogP contribution in [0, 0.1) is 0 Å². The second-order valence-corrected chi connectivity index (χ2v) is 7.61. The Morgan fingerprint density at radius 3 is 2.68 bits per heavy atom. The number of carbonyl (C=O) groups excluding carboxylic acids is 1. The van der Waals surface area contributed by atoms with Gasteiger partial charge in [-0.15, -0.1) is 0 Å². The van der Waals surface area contributed by atoms with E-state index in [0.717, 1.165) is 51.5 Å². The standard InChI is InChI=1S/C18H33N5O2/c1-19-17(21-15-5-6-16(24)22(2)13-15)20-14-18(7-11-25-12-8-18)23-9-3-4-10-23/h15H,3-14H2,1-2H3,(H2,19,20,21). The van der Waals surface area contributed by atoms with Gasteiger partial charge in [0.2, 0.25) is 5.91 Å². The number of nitrogens with one attached hydrogen (secondary N) is 2. The topological polar surface area (TPSA) is 69.2 Å². The molecule has 3 heterocycles. The average Bonchev–Trinajstić information content (AvgIpc) is 3.18. The summed E-state index contributed by atoms with van der Waals surface area (Å²) in [6.07, 6.45) is 6.25. The zero-order chi connectivity index (χ0) is 17.7. The van der Waals surface area contributed by atoms with Crippen LogP contribution in [-0.2, 0) is 9.53 Å². The molecule has 2 N–H and O–H groups in total. The van der Waals surface area contributed by atoms with E-state index in [1.807, 2.05) is 14.1 Å². The molecule has 0 aliphatic carbocycles. The van der Waals surface area contributed by atoms with E-state index in [4.69, 9.17) is 4.74 Å². The number of piperidine rings is 1. The summed E-state index contributed by atoms with van der Waals surface area (Å²) < 4.78 is 5.62. The van der Waals surface area contributed by atoms with Crippen LogP contribution >= 0.6 is 0 Å². The van der Waals surface area contributed by atoms with Gasteiger partial charge < -0.3 is 20.3 Å². The van der Waals surface area contributed by atoms with Crippen molar-refractivity contribution >= 4 is 11.9 Å². The Kier molecular flexibility index (Phi) is 6.17. The van der Waals surface area contributed by atoms with E-state index in [1.165, 1.54) is 25.9 Å². The van der Waals surface area contributed by atoms with Crippen molar-refractivity contribution in [1.82, 2.24) is 20.4 Å². The summed E-state index contributed by atoms with van der Waals surface area (Å²) in [4.78, 5) is 20.5. The fourth-order valence-electron chi connectivity index (χ4n) is 4.31. The molecule has 0 spiro atoms. The Labute approximate surface area is 151 Å². The van der Waals surface area contributed by atoms with Crippen molar-refractivity contribution in [2.45, 2.75) is 50.1 Å². The van der Waals surface area contributed by atoms with Crippen LogP contribution < -0.4 is 10.6 Å². The van der Waals surface area contributed by atoms with Crippen molar-refractivity contribution in [1.29, 1.82) is 0 Å². The minimum absolute atomic E-state index is 0.186. The summed E-state index contributed by atoms with van der Waals surface area (Å²) in [5, 5.41) is 7.07. The molecule has 0 radical (unpaired) electrons. The molecule has 1 amide bonds. The predicted molar refractivity (Wildman–Crippen MR) is 98.7 cm³/mol. The molecule has 0 aromatic rings. The highest BCUT2D eigenvalue weighted by molar-refractivity contribution is 5.81. The van der Waals surface area contributed by atoms with Gasteiger partial charge >= 0.3 is 0 Å².